The maximum absolute atomic E-state index is 5.99. The molecule has 0 amide bonds. The topological polar surface area (TPSA) is 83.4 Å². The second-order valence-electron chi connectivity index (χ2n) is 6.84. The van der Waals surface area contributed by atoms with Gasteiger partial charge in [0.1, 0.15) is 18.1 Å². The van der Waals surface area contributed by atoms with Gasteiger partial charge in [-0.1, -0.05) is 29.4 Å². The number of nitrogen functional groups attached to an aromatic ring is 1. The predicted octanol–water partition coefficient (Wildman–Crippen LogP) is 5.27. The summed E-state index contributed by atoms with van der Waals surface area (Å²) in [6.07, 6.45) is 0. The van der Waals surface area contributed by atoms with Gasteiger partial charge in [-0.2, -0.15) is 4.98 Å². The van der Waals surface area contributed by atoms with Crippen molar-refractivity contribution in [3.05, 3.63) is 77.9 Å². The van der Waals surface area contributed by atoms with Crippen LogP contribution in [0.4, 0.5) is 5.69 Å². The van der Waals surface area contributed by atoms with Gasteiger partial charge < -0.3 is 19.7 Å². The van der Waals surface area contributed by atoms with Crippen molar-refractivity contribution in [2.75, 3.05) is 12.3 Å². The third kappa shape index (κ3) is 4.27. The van der Waals surface area contributed by atoms with Gasteiger partial charge in [0.25, 0.3) is 5.89 Å². The molecule has 0 spiro atoms. The Balaban J connectivity index is 1.48. The molecule has 0 saturated heterocycles. The summed E-state index contributed by atoms with van der Waals surface area (Å²) < 4.78 is 16.8. The van der Waals surface area contributed by atoms with Crippen LogP contribution in [0.3, 0.4) is 0 Å². The molecule has 152 valence electrons. The van der Waals surface area contributed by atoms with Crippen LogP contribution in [0.2, 0.25) is 0 Å². The first-order valence-electron chi connectivity index (χ1n) is 9.78. The highest BCUT2D eigenvalue weighted by molar-refractivity contribution is 5.69. The number of nitrogens with zero attached hydrogens (tertiary/aromatic N) is 2. The molecule has 0 bridgehead atoms. The molecule has 0 aliphatic rings. The molecule has 0 aliphatic carbocycles. The molecule has 2 N–H and O–H groups in total. The fourth-order valence-electron chi connectivity index (χ4n) is 3.11. The Morgan fingerprint density at radius 2 is 1.67 bits per heavy atom. The molecule has 4 aromatic rings. The molecule has 4 rings (SSSR count). The van der Waals surface area contributed by atoms with Crippen LogP contribution >= 0.6 is 0 Å². The molecule has 6 nitrogen and oxygen atoms in total. The highest BCUT2D eigenvalue weighted by Gasteiger charge is 2.14. The normalized spacial score (nSPS) is 10.7. The van der Waals surface area contributed by atoms with Gasteiger partial charge in [0, 0.05) is 16.8 Å². The van der Waals surface area contributed by atoms with E-state index in [9.17, 15) is 0 Å². The van der Waals surface area contributed by atoms with Crippen molar-refractivity contribution in [1.29, 1.82) is 0 Å². The van der Waals surface area contributed by atoms with E-state index in [1.807, 2.05) is 80.6 Å². The Morgan fingerprint density at radius 3 is 2.43 bits per heavy atom. The lowest BCUT2D eigenvalue weighted by Gasteiger charge is -2.08. The number of rotatable bonds is 7. The third-order valence-corrected chi connectivity index (χ3v) is 4.76. The molecule has 30 heavy (non-hydrogen) atoms. The van der Waals surface area contributed by atoms with Crippen LogP contribution in [-0.2, 0) is 6.61 Å². The van der Waals surface area contributed by atoms with Crippen molar-refractivity contribution < 1.29 is 14.0 Å². The molecular formula is C24H23N3O3. The molecule has 3 aromatic carbocycles. The second-order valence-corrected chi connectivity index (χ2v) is 6.84. The summed E-state index contributed by atoms with van der Waals surface area (Å²) in [5.74, 6) is 2.58. The molecular weight excluding hydrogens is 378 g/mol. The number of hydrogen-bond donors (Lipinski definition) is 1. The summed E-state index contributed by atoms with van der Waals surface area (Å²) in [6.45, 7) is 4.97. The first kappa shape index (κ1) is 19.5. The van der Waals surface area contributed by atoms with E-state index >= 15 is 0 Å². The maximum Gasteiger partial charge on any atom is 0.258 e. The Morgan fingerprint density at radius 1 is 0.933 bits per heavy atom. The van der Waals surface area contributed by atoms with Gasteiger partial charge in [-0.25, -0.2) is 0 Å². The first-order chi connectivity index (χ1) is 14.6. The predicted molar refractivity (Wildman–Crippen MR) is 116 cm³/mol. The van der Waals surface area contributed by atoms with E-state index in [0.29, 0.717) is 30.6 Å². The first-order valence-corrected chi connectivity index (χ1v) is 9.78. The molecule has 0 radical (unpaired) electrons. The van der Waals surface area contributed by atoms with Crippen LogP contribution in [-0.4, -0.2) is 16.7 Å². The van der Waals surface area contributed by atoms with Crippen LogP contribution in [0.25, 0.3) is 22.8 Å². The van der Waals surface area contributed by atoms with Gasteiger partial charge in [-0.15, -0.1) is 0 Å². The average Bonchev–Trinajstić information content (AvgIpc) is 3.26. The van der Waals surface area contributed by atoms with Gasteiger partial charge in [0.15, 0.2) is 0 Å². The van der Waals surface area contributed by atoms with Crippen LogP contribution < -0.4 is 15.2 Å². The molecule has 0 saturated carbocycles. The van der Waals surface area contributed by atoms with E-state index in [4.69, 9.17) is 19.7 Å². The summed E-state index contributed by atoms with van der Waals surface area (Å²) in [6, 6.07) is 21.1. The number of ether oxygens (including phenoxy) is 2. The summed E-state index contributed by atoms with van der Waals surface area (Å²) >= 11 is 0. The number of benzene rings is 3. The zero-order valence-corrected chi connectivity index (χ0v) is 17.0. The van der Waals surface area contributed by atoms with Crippen LogP contribution in [0.5, 0.6) is 11.5 Å². The molecule has 1 aromatic heterocycles. The largest absolute Gasteiger partial charge is 0.494 e. The van der Waals surface area contributed by atoms with E-state index in [0.717, 1.165) is 33.8 Å². The van der Waals surface area contributed by atoms with Crippen molar-refractivity contribution in [1.82, 2.24) is 10.1 Å². The Bertz CT molecular complexity index is 1140. The highest BCUT2D eigenvalue weighted by Crippen LogP contribution is 2.28. The number of anilines is 1. The van der Waals surface area contributed by atoms with Crippen LogP contribution in [0, 0.1) is 6.92 Å². The third-order valence-electron chi connectivity index (χ3n) is 4.76. The second kappa shape index (κ2) is 8.69. The molecule has 0 fully saturated rings. The summed E-state index contributed by atoms with van der Waals surface area (Å²) in [5.41, 5.74) is 10.3. The average molecular weight is 401 g/mol. The Kier molecular flexibility index (Phi) is 5.66. The number of nitrogens with two attached hydrogens (primary N) is 1. The minimum atomic E-state index is 0.428. The van der Waals surface area contributed by atoms with Gasteiger partial charge in [0.2, 0.25) is 5.82 Å². The van der Waals surface area contributed by atoms with Crippen molar-refractivity contribution in [2.24, 2.45) is 0 Å². The molecule has 0 aliphatic heterocycles. The number of hydrogen-bond acceptors (Lipinski definition) is 6. The fraction of sp³-hybridized carbons (Fsp3) is 0.167. The van der Waals surface area contributed by atoms with Gasteiger partial charge in [0.05, 0.1) is 6.61 Å². The molecule has 6 heteroatoms. The standard InChI is InChI=1S/C24H23N3O3/c1-3-28-19-10-12-20(13-11-19)29-15-17-6-4-7-18(14-17)24-26-23(27-30-24)21-8-5-9-22(25)16(21)2/h4-14H,3,15,25H2,1-2H3. The molecule has 0 unspecified atom stereocenters. The summed E-state index contributed by atoms with van der Waals surface area (Å²) in [4.78, 5) is 4.55. The highest BCUT2D eigenvalue weighted by atomic mass is 16.5. The lowest BCUT2D eigenvalue weighted by atomic mass is 10.1. The maximum atomic E-state index is 5.99. The quantitative estimate of drug-likeness (QED) is 0.425. The Hall–Kier alpha value is -3.80. The molecule has 0 atom stereocenters. The lowest BCUT2D eigenvalue weighted by Crippen LogP contribution is -1.96. The summed E-state index contributed by atoms with van der Waals surface area (Å²) in [7, 11) is 0. The molecule has 1 heterocycles. The minimum Gasteiger partial charge on any atom is -0.494 e. The van der Waals surface area contributed by atoms with E-state index in [-0.39, 0.29) is 0 Å². The van der Waals surface area contributed by atoms with E-state index in [1.54, 1.807) is 0 Å². The van der Waals surface area contributed by atoms with Crippen molar-refractivity contribution >= 4 is 5.69 Å². The van der Waals surface area contributed by atoms with E-state index in [1.165, 1.54) is 0 Å². The Labute approximate surface area is 175 Å². The van der Waals surface area contributed by atoms with Crippen LogP contribution in [0.1, 0.15) is 18.1 Å². The lowest BCUT2D eigenvalue weighted by molar-refractivity contribution is 0.304. The van der Waals surface area contributed by atoms with Crippen molar-refractivity contribution in [3.63, 3.8) is 0 Å². The smallest absolute Gasteiger partial charge is 0.258 e. The van der Waals surface area contributed by atoms with Gasteiger partial charge in [-0.05, 0) is 67.4 Å². The minimum absolute atomic E-state index is 0.428. The van der Waals surface area contributed by atoms with Crippen molar-refractivity contribution in [2.45, 2.75) is 20.5 Å². The zero-order valence-electron chi connectivity index (χ0n) is 17.0. The summed E-state index contributed by atoms with van der Waals surface area (Å²) in [5, 5.41) is 4.13. The number of aromatic nitrogens is 2. The van der Waals surface area contributed by atoms with Crippen LogP contribution in [0.15, 0.2) is 71.3 Å². The van der Waals surface area contributed by atoms with Gasteiger partial charge >= 0.3 is 0 Å². The SMILES string of the molecule is CCOc1ccc(OCc2cccc(-c3nc(-c4cccc(N)c4C)no3)c2)cc1. The zero-order chi connectivity index (χ0) is 20.9. The van der Waals surface area contributed by atoms with Gasteiger partial charge in [-0.3, -0.25) is 0 Å². The van der Waals surface area contributed by atoms with Crippen molar-refractivity contribution in [3.8, 4) is 34.3 Å². The van der Waals surface area contributed by atoms with E-state index < -0.39 is 0 Å². The fourth-order valence-corrected chi connectivity index (χ4v) is 3.11. The monoisotopic (exact) mass is 401 g/mol. The van der Waals surface area contributed by atoms with E-state index in [2.05, 4.69) is 10.1 Å².